The van der Waals surface area contributed by atoms with Crippen LogP contribution < -0.4 is 5.32 Å². The van der Waals surface area contributed by atoms with Gasteiger partial charge in [0.25, 0.3) is 5.91 Å². The highest BCUT2D eigenvalue weighted by atomic mass is 16.3. The summed E-state index contributed by atoms with van der Waals surface area (Å²) in [5.41, 5.74) is 2.02. The minimum atomic E-state index is -0.123. The zero-order valence-electron chi connectivity index (χ0n) is 12.1. The molecule has 0 radical (unpaired) electrons. The fourth-order valence-electron chi connectivity index (χ4n) is 3.67. The summed E-state index contributed by atoms with van der Waals surface area (Å²) in [6.07, 6.45) is 5.69. The zero-order valence-corrected chi connectivity index (χ0v) is 12.1. The van der Waals surface area contributed by atoms with E-state index < -0.39 is 0 Å². The average molecular weight is 285 g/mol. The maximum absolute atomic E-state index is 12.5. The topological polar surface area (TPSA) is 58.4 Å². The van der Waals surface area contributed by atoms with Crippen LogP contribution in [0.4, 0.5) is 0 Å². The van der Waals surface area contributed by atoms with Crippen molar-refractivity contribution in [3.05, 3.63) is 29.8 Å². The molecule has 2 aromatic rings. The van der Waals surface area contributed by atoms with Crippen molar-refractivity contribution in [2.24, 2.45) is 5.92 Å². The van der Waals surface area contributed by atoms with E-state index in [1.54, 1.807) is 12.5 Å². The summed E-state index contributed by atoms with van der Waals surface area (Å²) >= 11 is 0. The van der Waals surface area contributed by atoms with Gasteiger partial charge in [0.2, 0.25) is 0 Å². The molecule has 2 bridgehead atoms. The maximum Gasteiger partial charge on any atom is 0.274 e. The molecule has 5 heteroatoms. The molecule has 4 heterocycles. The summed E-state index contributed by atoms with van der Waals surface area (Å²) in [5.74, 6) is 0.612. The Morgan fingerprint density at radius 3 is 3.24 bits per heavy atom. The van der Waals surface area contributed by atoms with Gasteiger partial charge in [-0.05, 0) is 43.9 Å². The third-order valence-corrected chi connectivity index (χ3v) is 4.70. The number of carbonyl (C=O) groups excluding carboxylic acids is 1. The summed E-state index contributed by atoms with van der Waals surface area (Å²) in [5, 5.41) is 4.10. The van der Waals surface area contributed by atoms with Gasteiger partial charge in [-0.1, -0.05) is 0 Å². The highest BCUT2D eigenvalue weighted by Gasteiger charge is 2.33. The lowest BCUT2D eigenvalue weighted by molar-refractivity contribution is 0.0905. The number of furan rings is 1. The van der Waals surface area contributed by atoms with E-state index in [0.29, 0.717) is 11.3 Å². The Bertz CT molecular complexity index is 682. The molecule has 1 N–H and O–H groups in total. The Morgan fingerprint density at radius 1 is 1.48 bits per heavy atom. The molecule has 2 fully saturated rings. The van der Waals surface area contributed by atoms with Gasteiger partial charge < -0.3 is 14.6 Å². The smallest absolute Gasteiger partial charge is 0.274 e. The first-order valence-corrected chi connectivity index (χ1v) is 7.57. The Labute approximate surface area is 123 Å². The van der Waals surface area contributed by atoms with Crippen LogP contribution in [0.2, 0.25) is 0 Å². The Kier molecular flexibility index (Phi) is 2.96. The lowest BCUT2D eigenvalue weighted by atomic mass is 9.97. The number of nitrogens with zero attached hydrogens (tertiary/aromatic N) is 2. The van der Waals surface area contributed by atoms with Gasteiger partial charge in [0.05, 0.1) is 6.26 Å². The minimum absolute atomic E-state index is 0.123. The van der Waals surface area contributed by atoms with E-state index in [2.05, 4.69) is 15.2 Å². The predicted octanol–water partition coefficient (Wildman–Crippen LogP) is 1.96. The van der Waals surface area contributed by atoms with Gasteiger partial charge >= 0.3 is 0 Å². The summed E-state index contributed by atoms with van der Waals surface area (Å²) in [6.45, 7) is 5.29. The second-order valence-corrected chi connectivity index (χ2v) is 6.28. The lowest BCUT2D eigenvalue weighted by Crippen LogP contribution is -2.47. The normalized spacial score (nSPS) is 28.0. The lowest BCUT2D eigenvalue weighted by Gasteiger charge is -2.30. The van der Waals surface area contributed by atoms with Crippen LogP contribution in [0.25, 0.3) is 11.0 Å². The van der Waals surface area contributed by atoms with Crippen molar-refractivity contribution < 1.29 is 9.21 Å². The van der Waals surface area contributed by atoms with Crippen LogP contribution in [0, 0.1) is 12.8 Å². The second kappa shape index (κ2) is 4.84. The number of piperidine rings is 1. The van der Waals surface area contributed by atoms with Gasteiger partial charge in [0.1, 0.15) is 0 Å². The number of carbonyl (C=O) groups is 1. The molecule has 110 valence electrons. The Hall–Kier alpha value is -1.88. The first-order valence-electron chi connectivity index (χ1n) is 7.57. The van der Waals surface area contributed by atoms with Gasteiger partial charge in [0.15, 0.2) is 11.3 Å². The highest BCUT2D eigenvalue weighted by Crippen LogP contribution is 2.27. The number of hydrogen-bond donors (Lipinski definition) is 1. The van der Waals surface area contributed by atoms with Crippen molar-refractivity contribution in [1.82, 2.24) is 15.2 Å². The molecule has 0 aromatic carbocycles. The maximum atomic E-state index is 12.5. The molecule has 0 aliphatic carbocycles. The van der Waals surface area contributed by atoms with E-state index in [-0.39, 0.29) is 11.9 Å². The third kappa shape index (κ3) is 2.21. The summed E-state index contributed by atoms with van der Waals surface area (Å²) < 4.78 is 5.51. The SMILES string of the molecule is Cc1coc2c(C(=O)NC3CC4CCN(C4)C3)nccc12. The van der Waals surface area contributed by atoms with Gasteiger partial charge in [-0.3, -0.25) is 4.79 Å². The third-order valence-electron chi connectivity index (χ3n) is 4.70. The van der Waals surface area contributed by atoms with E-state index in [9.17, 15) is 4.79 Å². The molecule has 2 aliphatic heterocycles. The number of aryl methyl sites for hydroxylation is 1. The number of aromatic nitrogens is 1. The van der Waals surface area contributed by atoms with Crippen LogP contribution in [0.3, 0.4) is 0 Å². The van der Waals surface area contributed by atoms with Gasteiger partial charge in [-0.25, -0.2) is 4.98 Å². The van der Waals surface area contributed by atoms with Crippen molar-refractivity contribution in [3.8, 4) is 0 Å². The molecular weight excluding hydrogens is 266 g/mol. The van der Waals surface area contributed by atoms with E-state index >= 15 is 0 Å². The molecule has 21 heavy (non-hydrogen) atoms. The molecule has 0 spiro atoms. The number of pyridine rings is 1. The fraction of sp³-hybridized carbons (Fsp3) is 0.500. The number of nitrogens with one attached hydrogen (secondary N) is 1. The predicted molar refractivity (Wildman–Crippen MR) is 79.2 cm³/mol. The minimum Gasteiger partial charge on any atom is -0.462 e. The highest BCUT2D eigenvalue weighted by molar-refractivity contribution is 6.03. The van der Waals surface area contributed by atoms with Crippen LogP contribution in [-0.2, 0) is 0 Å². The average Bonchev–Trinajstić information content (AvgIpc) is 3.02. The zero-order chi connectivity index (χ0) is 14.4. The summed E-state index contributed by atoms with van der Waals surface area (Å²) in [6, 6.07) is 2.11. The van der Waals surface area contributed by atoms with Crippen LogP contribution in [-0.4, -0.2) is 41.5 Å². The molecule has 5 nitrogen and oxygen atoms in total. The van der Waals surface area contributed by atoms with Crippen LogP contribution in [0.5, 0.6) is 0 Å². The molecule has 2 aromatic heterocycles. The van der Waals surface area contributed by atoms with Gasteiger partial charge in [-0.15, -0.1) is 0 Å². The molecule has 3 unspecified atom stereocenters. The molecule has 1 amide bonds. The van der Waals surface area contributed by atoms with E-state index in [4.69, 9.17) is 4.42 Å². The summed E-state index contributed by atoms with van der Waals surface area (Å²) in [7, 11) is 0. The van der Waals surface area contributed by atoms with Crippen LogP contribution >= 0.6 is 0 Å². The van der Waals surface area contributed by atoms with Crippen molar-refractivity contribution in [1.29, 1.82) is 0 Å². The van der Waals surface area contributed by atoms with Crippen molar-refractivity contribution in [2.45, 2.75) is 25.8 Å². The Morgan fingerprint density at radius 2 is 2.38 bits per heavy atom. The summed E-state index contributed by atoms with van der Waals surface area (Å²) in [4.78, 5) is 19.2. The molecule has 0 saturated carbocycles. The number of fused-ring (bicyclic) bond motifs is 3. The number of amides is 1. The standard InChI is InChI=1S/C16H19N3O2/c1-10-9-21-15-13(10)2-4-17-14(15)16(20)18-12-6-11-3-5-19(7-11)8-12/h2,4,9,11-12H,3,5-8H2,1H3,(H,18,20). The Balaban J connectivity index is 1.56. The quantitative estimate of drug-likeness (QED) is 0.916. The largest absolute Gasteiger partial charge is 0.462 e. The van der Waals surface area contributed by atoms with Crippen molar-refractivity contribution in [2.75, 3.05) is 19.6 Å². The second-order valence-electron chi connectivity index (χ2n) is 6.28. The van der Waals surface area contributed by atoms with E-state index in [0.717, 1.165) is 29.8 Å². The van der Waals surface area contributed by atoms with Crippen molar-refractivity contribution >= 4 is 16.9 Å². The van der Waals surface area contributed by atoms with E-state index in [1.165, 1.54) is 19.5 Å². The molecule has 2 aliphatic rings. The first kappa shape index (κ1) is 12.8. The van der Waals surface area contributed by atoms with Crippen molar-refractivity contribution in [3.63, 3.8) is 0 Å². The van der Waals surface area contributed by atoms with Gasteiger partial charge in [0, 0.05) is 30.7 Å². The van der Waals surface area contributed by atoms with E-state index in [1.807, 2.05) is 13.0 Å². The molecular formula is C16H19N3O2. The number of hydrogen-bond acceptors (Lipinski definition) is 4. The monoisotopic (exact) mass is 285 g/mol. The fourth-order valence-corrected chi connectivity index (χ4v) is 3.67. The molecule has 3 atom stereocenters. The van der Waals surface area contributed by atoms with Crippen LogP contribution in [0.15, 0.2) is 22.9 Å². The van der Waals surface area contributed by atoms with Gasteiger partial charge in [-0.2, -0.15) is 0 Å². The van der Waals surface area contributed by atoms with Crippen LogP contribution in [0.1, 0.15) is 28.9 Å². The molecule has 4 rings (SSSR count). The molecule has 2 saturated heterocycles. The number of rotatable bonds is 2. The first-order chi connectivity index (χ1) is 10.2.